The SMILES string of the molecule is C=C(/C=C(\C(=O)NC)C(C)C)Oc1c(Cl)cc(-n2nc(N)c(=O)[nH]c2=O)cc1Cl.CCCC. The molecule has 1 amide bonds. The van der Waals surface area contributed by atoms with Gasteiger partial charge < -0.3 is 15.8 Å². The Morgan fingerprint density at radius 2 is 1.82 bits per heavy atom. The van der Waals surface area contributed by atoms with E-state index in [1.807, 2.05) is 18.8 Å². The molecule has 0 aliphatic rings. The van der Waals surface area contributed by atoms with Gasteiger partial charge in [0.2, 0.25) is 11.7 Å². The molecule has 0 aliphatic heterocycles. The molecule has 11 heteroatoms. The number of H-pyrrole nitrogens is 1. The van der Waals surface area contributed by atoms with Crippen molar-refractivity contribution in [3.8, 4) is 11.4 Å². The van der Waals surface area contributed by atoms with E-state index in [0.29, 0.717) is 5.57 Å². The maximum atomic E-state index is 12.0. The molecule has 4 N–H and O–H groups in total. The average molecular weight is 498 g/mol. The Labute approximate surface area is 202 Å². The van der Waals surface area contributed by atoms with Crippen LogP contribution in [0, 0.1) is 5.92 Å². The van der Waals surface area contributed by atoms with Crippen LogP contribution in [0.1, 0.15) is 40.5 Å². The highest BCUT2D eigenvalue weighted by Crippen LogP contribution is 2.36. The number of nitrogens with zero attached hydrogens (tertiary/aromatic N) is 2. The van der Waals surface area contributed by atoms with Crippen molar-refractivity contribution in [3.05, 3.63) is 67.0 Å². The van der Waals surface area contributed by atoms with Gasteiger partial charge in [-0.1, -0.05) is 70.3 Å². The number of rotatable bonds is 7. The molecule has 0 spiro atoms. The summed E-state index contributed by atoms with van der Waals surface area (Å²) in [5.74, 6) is -0.530. The molecular formula is C22H29Cl2N5O4. The number of nitrogen functional groups attached to an aromatic ring is 1. The lowest BCUT2D eigenvalue weighted by atomic mass is 10.0. The van der Waals surface area contributed by atoms with Crippen LogP contribution < -0.4 is 27.0 Å². The van der Waals surface area contributed by atoms with Gasteiger partial charge in [-0.25, -0.2) is 4.79 Å². The number of hydrogen-bond acceptors (Lipinski definition) is 6. The van der Waals surface area contributed by atoms with E-state index in [4.69, 9.17) is 33.7 Å². The number of likely N-dealkylation sites (N-methyl/N-ethyl adjacent to an activating group) is 1. The van der Waals surface area contributed by atoms with Crippen LogP contribution >= 0.6 is 23.2 Å². The minimum absolute atomic E-state index is 0.0477. The molecule has 0 radical (unpaired) electrons. The van der Waals surface area contributed by atoms with E-state index >= 15 is 0 Å². The van der Waals surface area contributed by atoms with Crippen molar-refractivity contribution in [3.63, 3.8) is 0 Å². The number of halogens is 2. The molecule has 0 saturated carbocycles. The minimum atomic E-state index is -0.815. The van der Waals surface area contributed by atoms with Gasteiger partial charge in [0, 0.05) is 12.6 Å². The van der Waals surface area contributed by atoms with E-state index in [0.717, 1.165) is 4.68 Å². The van der Waals surface area contributed by atoms with Crippen LogP contribution in [0.15, 0.2) is 45.7 Å². The second kappa shape index (κ2) is 12.9. The first-order valence-corrected chi connectivity index (χ1v) is 11.0. The predicted octanol–water partition coefficient (Wildman–Crippen LogP) is 3.84. The zero-order valence-corrected chi connectivity index (χ0v) is 20.8. The first-order chi connectivity index (χ1) is 15.5. The van der Waals surface area contributed by atoms with Gasteiger partial charge in [0.05, 0.1) is 15.7 Å². The molecule has 1 aromatic carbocycles. The number of anilines is 1. The Bertz CT molecular complexity index is 1130. The number of aromatic nitrogens is 3. The Morgan fingerprint density at radius 3 is 2.27 bits per heavy atom. The van der Waals surface area contributed by atoms with E-state index in [2.05, 4.69) is 30.8 Å². The maximum absolute atomic E-state index is 12.0. The van der Waals surface area contributed by atoms with Gasteiger partial charge in [-0.05, 0) is 24.1 Å². The molecule has 0 bridgehead atoms. The third-order valence-corrected chi connectivity index (χ3v) is 4.80. The van der Waals surface area contributed by atoms with Crippen molar-refractivity contribution in [2.24, 2.45) is 5.92 Å². The quantitative estimate of drug-likeness (QED) is 0.302. The van der Waals surface area contributed by atoms with Crippen molar-refractivity contribution in [2.75, 3.05) is 12.8 Å². The van der Waals surface area contributed by atoms with Gasteiger partial charge in [-0.3, -0.25) is 14.6 Å². The molecule has 180 valence electrons. The summed E-state index contributed by atoms with van der Waals surface area (Å²) < 4.78 is 6.45. The molecule has 1 aromatic heterocycles. The predicted molar refractivity (Wildman–Crippen MR) is 132 cm³/mol. The lowest BCUT2D eigenvalue weighted by molar-refractivity contribution is -0.117. The summed E-state index contributed by atoms with van der Waals surface area (Å²) in [5.41, 5.74) is 4.45. The van der Waals surface area contributed by atoms with E-state index < -0.39 is 17.1 Å². The van der Waals surface area contributed by atoms with Crippen LogP contribution in [0.2, 0.25) is 10.0 Å². The second-order valence-electron chi connectivity index (χ2n) is 7.20. The average Bonchev–Trinajstić information content (AvgIpc) is 2.76. The van der Waals surface area contributed by atoms with Crippen LogP contribution in [-0.2, 0) is 4.79 Å². The normalized spacial score (nSPS) is 11.0. The molecular weight excluding hydrogens is 469 g/mol. The second-order valence-corrected chi connectivity index (χ2v) is 8.01. The zero-order valence-electron chi connectivity index (χ0n) is 19.3. The highest BCUT2D eigenvalue weighted by Gasteiger charge is 2.16. The van der Waals surface area contributed by atoms with Crippen LogP contribution in [0.25, 0.3) is 5.69 Å². The van der Waals surface area contributed by atoms with Gasteiger partial charge in [-0.2, -0.15) is 4.68 Å². The van der Waals surface area contributed by atoms with Crippen LogP contribution in [0.4, 0.5) is 5.82 Å². The lowest BCUT2D eigenvalue weighted by Crippen LogP contribution is -2.33. The Hall–Kier alpha value is -3.04. The molecule has 9 nitrogen and oxygen atoms in total. The number of carbonyl (C=O) groups is 1. The number of allylic oxidation sites excluding steroid dienone is 1. The number of aromatic amines is 1. The monoisotopic (exact) mass is 497 g/mol. The van der Waals surface area contributed by atoms with E-state index in [1.54, 1.807) is 0 Å². The first-order valence-electron chi connectivity index (χ1n) is 10.3. The Kier molecular flexibility index (Phi) is 10.9. The summed E-state index contributed by atoms with van der Waals surface area (Å²) in [6, 6.07) is 2.71. The smallest absolute Gasteiger partial charge is 0.349 e. The van der Waals surface area contributed by atoms with E-state index in [9.17, 15) is 14.4 Å². The third kappa shape index (κ3) is 7.80. The zero-order chi connectivity index (χ0) is 25.3. The van der Waals surface area contributed by atoms with Crippen LogP contribution in [0.3, 0.4) is 0 Å². The molecule has 2 aromatic rings. The molecule has 0 saturated heterocycles. The topological polar surface area (TPSA) is 132 Å². The number of hydrogen-bond donors (Lipinski definition) is 3. The molecule has 0 fully saturated rings. The molecule has 33 heavy (non-hydrogen) atoms. The highest BCUT2D eigenvalue weighted by molar-refractivity contribution is 6.37. The fourth-order valence-electron chi connectivity index (χ4n) is 2.33. The number of ether oxygens (including phenoxy) is 1. The lowest BCUT2D eigenvalue weighted by Gasteiger charge is -2.14. The van der Waals surface area contributed by atoms with Crippen molar-refractivity contribution >= 4 is 34.9 Å². The first kappa shape index (κ1) is 28.0. The summed E-state index contributed by atoms with van der Waals surface area (Å²) in [4.78, 5) is 37.3. The Balaban J connectivity index is 0.00000125. The van der Waals surface area contributed by atoms with Gasteiger partial charge >= 0.3 is 5.69 Å². The summed E-state index contributed by atoms with van der Waals surface area (Å²) in [5, 5.41) is 6.35. The van der Waals surface area contributed by atoms with Gasteiger partial charge in [-0.15, -0.1) is 5.10 Å². The number of nitrogens with one attached hydrogen (secondary N) is 2. The summed E-state index contributed by atoms with van der Waals surface area (Å²) >= 11 is 12.5. The fraction of sp³-hybridized carbons (Fsp3) is 0.364. The van der Waals surface area contributed by atoms with Gasteiger partial charge in [0.15, 0.2) is 5.75 Å². The standard InChI is InChI=1S/C18H19Cl2N5O4.C4H10/c1-8(2)11(16(26)22-4)5-9(3)29-14-12(19)6-10(7-13(14)20)25-18(28)23-17(27)15(21)24-25;1-3-4-2/h5-8H,3H2,1-2,4H3,(H2,21,24)(H,22,26)(H,23,27,28);3-4H2,1-2H3/b11-5-;. The summed E-state index contributed by atoms with van der Waals surface area (Å²) in [7, 11) is 1.52. The molecule has 2 rings (SSSR count). The third-order valence-electron chi connectivity index (χ3n) is 4.24. The number of benzene rings is 1. The van der Waals surface area contributed by atoms with Crippen LogP contribution in [0.5, 0.6) is 5.75 Å². The maximum Gasteiger partial charge on any atom is 0.349 e. The minimum Gasteiger partial charge on any atom is -0.455 e. The van der Waals surface area contributed by atoms with E-state index in [1.165, 1.54) is 38.1 Å². The van der Waals surface area contributed by atoms with Crippen LogP contribution in [-0.4, -0.2) is 27.7 Å². The van der Waals surface area contributed by atoms with Crippen molar-refractivity contribution in [1.82, 2.24) is 20.1 Å². The van der Waals surface area contributed by atoms with Gasteiger partial charge in [0.1, 0.15) is 5.76 Å². The van der Waals surface area contributed by atoms with E-state index in [-0.39, 0.29) is 39.1 Å². The highest BCUT2D eigenvalue weighted by atomic mass is 35.5. The molecule has 0 aliphatic carbocycles. The number of amides is 1. The van der Waals surface area contributed by atoms with Crippen molar-refractivity contribution in [2.45, 2.75) is 40.5 Å². The molecule has 0 atom stereocenters. The number of carbonyl (C=O) groups excluding carboxylic acids is 1. The fourth-order valence-corrected chi connectivity index (χ4v) is 2.88. The van der Waals surface area contributed by atoms with Gasteiger partial charge in [0.25, 0.3) is 5.56 Å². The number of unbranched alkanes of at least 4 members (excludes halogenated alkanes) is 1. The largest absolute Gasteiger partial charge is 0.455 e. The number of nitrogens with two attached hydrogens (primary N) is 1. The summed E-state index contributed by atoms with van der Waals surface area (Å²) in [6.45, 7) is 11.8. The molecule has 0 unspecified atom stereocenters. The Morgan fingerprint density at radius 1 is 1.27 bits per heavy atom. The van der Waals surface area contributed by atoms with Crippen molar-refractivity contribution in [1.29, 1.82) is 0 Å². The summed E-state index contributed by atoms with van der Waals surface area (Å²) in [6.07, 6.45) is 4.12. The van der Waals surface area contributed by atoms with Crippen molar-refractivity contribution < 1.29 is 9.53 Å². The molecule has 1 heterocycles.